The van der Waals surface area contributed by atoms with Gasteiger partial charge in [0.25, 0.3) is 0 Å². The van der Waals surface area contributed by atoms with Crippen LogP contribution < -0.4 is 10.1 Å². The molecule has 0 saturated carbocycles. The third-order valence-electron chi connectivity index (χ3n) is 4.73. The summed E-state index contributed by atoms with van der Waals surface area (Å²) < 4.78 is 5.61. The molecule has 2 aromatic carbocycles. The average molecular weight is 387 g/mol. The van der Waals surface area contributed by atoms with Crippen LogP contribution in [0, 0.1) is 0 Å². The molecule has 0 spiro atoms. The summed E-state index contributed by atoms with van der Waals surface area (Å²) >= 11 is 6.04. The maximum absolute atomic E-state index is 12.1. The number of para-hydroxylation sites is 1. The van der Waals surface area contributed by atoms with E-state index in [1.165, 1.54) is 37.9 Å². The fraction of sp³-hybridized carbons (Fsp3) is 0.409. The number of carbonyl (C=O) groups excluding carboxylic acids is 1. The minimum Gasteiger partial charge on any atom is -0.492 e. The van der Waals surface area contributed by atoms with Crippen molar-refractivity contribution in [3.8, 4) is 5.75 Å². The number of ether oxygens (including phenoxy) is 1. The van der Waals surface area contributed by atoms with E-state index in [0.717, 1.165) is 12.2 Å². The zero-order chi connectivity index (χ0) is 18.9. The monoisotopic (exact) mass is 386 g/mol. The van der Waals surface area contributed by atoms with Gasteiger partial charge in [0.2, 0.25) is 5.91 Å². The van der Waals surface area contributed by atoms with E-state index in [-0.39, 0.29) is 5.91 Å². The van der Waals surface area contributed by atoms with E-state index >= 15 is 0 Å². The summed E-state index contributed by atoms with van der Waals surface area (Å²) in [7, 11) is 0. The van der Waals surface area contributed by atoms with Gasteiger partial charge in [-0.05, 0) is 62.2 Å². The van der Waals surface area contributed by atoms with Crippen molar-refractivity contribution >= 4 is 23.2 Å². The Kier molecular flexibility index (Phi) is 7.55. The second-order valence-electron chi connectivity index (χ2n) is 6.96. The van der Waals surface area contributed by atoms with Gasteiger partial charge in [0.05, 0.1) is 11.6 Å². The third-order valence-corrected chi connectivity index (χ3v) is 5.05. The predicted octanol–water partition coefficient (Wildman–Crippen LogP) is 5.12. The molecule has 1 heterocycles. The highest BCUT2D eigenvalue weighted by Gasteiger charge is 2.10. The van der Waals surface area contributed by atoms with Gasteiger partial charge in [0.15, 0.2) is 0 Å². The molecule has 0 bridgehead atoms. The summed E-state index contributed by atoms with van der Waals surface area (Å²) in [6.45, 7) is 3.84. The molecule has 4 nitrogen and oxygen atoms in total. The van der Waals surface area contributed by atoms with Gasteiger partial charge >= 0.3 is 0 Å². The summed E-state index contributed by atoms with van der Waals surface area (Å²) in [5, 5.41) is 3.54. The molecule has 0 radical (unpaired) electrons. The summed E-state index contributed by atoms with van der Waals surface area (Å²) in [4.78, 5) is 14.6. The van der Waals surface area contributed by atoms with Gasteiger partial charge in [-0.15, -0.1) is 0 Å². The number of likely N-dealkylation sites (tertiary alicyclic amines) is 1. The molecule has 27 heavy (non-hydrogen) atoms. The molecule has 1 fully saturated rings. The Morgan fingerprint density at radius 2 is 1.78 bits per heavy atom. The SMILES string of the molecule is O=C(CCCOc1ccccc1Cl)Nc1ccc(CN2CCCCC2)cc1. The van der Waals surface area contributed by atoms with E-state index in [2.05, 4.69) is 22.3 Å². The van der Waals surface area contributed by atoms with E-state index < -0.39 is 0 Å². The Hall–Kier alpha value is -2.04. The lowest BCUT2D eigenvalue weighted by atomic mass is 10.1. The van der Waals surface area contributed by atoms with Gasteiger partial charge in [0, 0.05) is 18.7 Å². The highest BCUT2D eigenvalue weighted by molar-refractivity contribution is 6.32. The van der Waals surface area contributed by atoms with Crippen LogP contribution in [0.25, 0.3) is 0 Å². The molecule has 1 N–H and O–H groups in total. The maximum Gasteiger partial charge on any atom is 0.224 e. The fourth-order valence-electron chi connectivity index (χ4n) is 3.27. The van der Waals surface area contributed by atoms with Crippen molar-refractivity contribution in [3.63, 3.8) is 0 Å². The lowest BCUT2D eigenvalue weighted by molar-refractivity contribution is -0.116. The van der Waals surface area contributed by atoms with E-state index in [0.29, 0.717) is 30.2 Å². The molecular weight excluding hydrogens is 360 g/mol. The normalized spacial score (nSPS) is 14.7. The van der Waals surface area contributed by atoms with Crippen LogP contribution in [-0.2, 0) is 11.3 Å². The van der Waals surface area contributed by atoms with Gasteiger partial charge in [0.1, 0.15) is 5.75 Å². The standard InChI is InChI=1S/C22H27ClN2O2/c23-20-7-2-3-8-21(20)27-16-6-9-22(26)24-19-12-10-18(11-13-19)17-25-14-4-1-5-15-25/h2-3,7-8,10-13H,1,4-6,9,14-17H2,(H,24,26). The first-order valence-corrected chi connectivity index (χ1v) is 10.1. The van der Waals surface area contributed by atoms with E-state index in [4.69, 9.17) is 16.3 Å². The smallest absolute Gasteiger partial charge is 0.224 e. The molecular formula is C22H27ClN2O2. The molecule has 2 aromatic rings. The molecule has 0 aromatic heterocycles. The summed E-state index contributed by atoms with van der Waals surface area (Å²) in [5.74, 6) is 0.658. The Bertz CT molecular complexity index is 727. The molecule has 1 saturated heterocycles. The molecule has 3 rings (SSSR count). The van der Waals surface area contributed by atoms with Crippen LogP contribution in [-0.4, -0.2) is 30.5 Å². The zero-order valence-corrected chi connectivity index (χ0v) is 16.4. The van der Waals surface area contributed by atoms with Crippen LogP contribution in [0.15, 0.2) is 48.5 Å². The third kappa shape index (κ3) is 6.56. The number of rotatable bonds is 8. The van der Waals surface area contributed by atoms with E-state index in [9.17, 15) is 4.79 Å². The van der Waals surface area contributed by atoms with Crippen molar-refractivity contribution in [3.05, 3.63) is 59.1 Å². The largest absolute Gasteiger partial charge is 0.492 e. The first-order chi connectivity index (χ1) is 13.2. The molecule has 1 amide bonds. The van der Waals surface area contributed by atoms with Crippen LogP contribution in [0.1, 0.15) is 37.7 Å². The number of nitrogens with one attached hydrogen (secondary N) is 1. The molecule has 1 aliphatic heterocycles. The highest BCUT2D eigenvalue weighted by Crippen LogP contribution is 2.23. The average Bonchev–Trinajstić information content (AvgIpc) is 2.69. The van der Waals surface area contributed by atoms with Gasteiger partial charge in [-0.1, -0.05) is 42.3 Å². The number of hydrogen-bond donors (Lipinski definition) is 1. The number of piperidine rings is 1. The minimum atomic E-state index is 0.00143. The van der Waals surface area contributed by atoms with Gasteiger partial charge in [-0.25, -0.2) is 0 Å². The first kappa shape index (κ1) is 19.7. The lowest BCUT2D eigenvalue weighted by Gasteiger charge is -2.26. The van der Waals surface area contributed by atoms with Gasteiger partial charge in [-0.3, -0.25) is 9.69 Å². The minimum absolute atomic E-state index is 0.00143. The molecule has 144 valence electrons. The van der Waals surface area contributed by atoms with Crippen molar-refractivity contribution < 1.29 is 9.53 Å². The van der Waals surface area contributed by atoms with Crippen LogP contribution >= 0.6 is 11.6 Å². The first-order valence-electron chi connectivity index (χ1n) is 9.69. The van der Waals surface area contributed by atoms with E-state index in [1.54, 1.807) is 6.07 Å². The Morgan fingerprint density at radius 3 is 2.52 bits per heavy atom. The predicted molar refractivity (Wildman–Crippen MR) is 110 cm³/mol. The number of hydrogen-bond acceptors (Lipinski definition) is 3. The summed E-state index contributed by atoms with van der Waals surface area (Å²) in [5.41, 5.74) is 2.14. The van der Waals surface area contributed by atoms with Crippen molar-refractivity contribution in [1.29, 1.82) is 0 Å². The summed E-state index contributed by atoms with van der Waals surface area (Å²) in [6, 6.07) is 15.5. The van der Waals surface area contributed by atoms with E-state index in [1.807, 2.05) is 30.3 Å². The lowest BCUT2D eigenvalue weighted by Crippen LogP contribution is -2.29. The second-order valence-corrected chi connectivity index (χ2v) is 7.37. The Balaban J connectivity index is 1.37. The number of anilines is 1. The van der Waals surface area contributed by atoms with Gasteiger partial charge in [-0.2, -0.15) is 0 Å². The zero-order valence-electron chi connectivity index (χ0n) is 15.6. The molecule has 0 atom stereocenters. The van der Waals surface area contributed by atoms with Crippen molar-refractivity contribution in [2.45, 2.75) is 38.6 Å². The van der Waals surface area contributed by atoms with Crippen LogP contribution in [0.4, 0.5) is 5.69 Å². The van der Waals surface area contributed by atoms with Crippen LogP contribution in [0.3, 0.4) is 0 Å². The second kappa shape index (κ2) is 10.3. The number of halogens is 1. The fourth-order valence-corrected chi connectivity index (χ4v) is 3.46. The van der Waals surface area contributed by atoms with Crippen molar-refractivity contribution in [1.82, 2.24) is 4.90 Å². The Morgan fingerprint density at radius 1 is 1.04 bits per heavy atom. The van der Waals surface area contributed by atoms with Gasteiger partial charge < -0.3 is 10.1 Å². The maximum atomic E-state index is 12.1. The van der Waals surface area contributed by atoms with Crippen LogP contribution in [0.5, 0.6) is 5.75 Å². The number of amides is 1. The molecule has 5 heteroatoms. The number of carbonyl (C=O) groups is 1. The highest BCUT2D eigenvalue weighted by atomic mass is 35.5. The quantitative estimate of drug-likeness (QED) is 0.640. The topological polar surface area (TPSA) is 41.6 Å². The van der Waals surface area contributed by atoms with Crippen molar-refractivity contribution in [2.75, 3.05) is 25.0 Å². The van der Waals surface area contributed by atoms with Crippen molar-refractivity contribution in [2.24, 2.45) is 0 Å². The Labute approximate surface area is 166 Å². The summed E-state index contributed by atoms with van der Waals surface area (Å²) in [6.07, 6.45) is 5.01. The molecule has 0 aliphatic carbocycles. The molecule has 0 unspecified atom stereocenters. The van der Waals surface area contributed by atoms with Crippen LogP contribution in [0.2, 0.25) is 5.02 Å². The number of nitrogens with zero attached hydrogens (tertiary/aromatic N) is 1. The molecule has 1 aliphatic rings. The number of benzene rings is 2.